The van der Waals surface area contributed by atoms with Crippen LogP contribution in [-0.2, 0) is 9.59 Å². The molecule has 3 rings (SSSR count). The molecule has 6 nitrogen and oxygen atoms in total. The maximum absolute atomic E-state index is 12.3. The number of imide groups is 2. The van der Waals surface area contributed by atoms with Crippen molar-refractivity contribution in [3.63, 3.8) is 0 Å². The molecule has 7 heteroatoms. The van der Waals surface area contributed by atoms with E-state index in [-0.39, 0.29) is 19.2 Å². The SMILES string of the molecule is O=C1C(=O)N(C2CCCC2)C(=O)N1CCOc1cccc(Cl)c1. The van der Waals surface area contributed by atoms with E-state index in [1.165, 1.54) is 0 Å². The number of urea groups is 1. The zero-order chi connectivity index (χ0) is 16.4. The van der Waals surface area contributed by atoms with Crippen LogP contribution < -0.4 is 4.74 Å². The van der Waals surface area contributed by atoms with E-state index in [0.717, 1.165) is 35.5 Å². The summed E-state index contributed by atoms with van der Waals surface area (Å²) in [4.78, 5) is 38.5. The van der Waals surface area contributed by atoms with E-state index in [0.29, 0.717) is 10.8 Å². The van der Waals surface area contributed by atoms with Gasteiger partial charge in [-0.25, -0.2) is 4.79 Å². The van der Waals surface area contributed by atoms with Crippen LogP contribution in [-0.4, -0.2) is 46.8 Å². The Labute approximate surface area is 138 Å². The van der Waals surface area contributed by atoms with Gasteiger partial charge in [-0.15, -0.1) is 0 Å². The highest BCUT2D eigenvalue weighted by Crippen LogP contribution is 2.27. The largest absolute Gasteiger partial charge is 0.492 e. The molecule has 0 atom stereocenters. The van der Waals surface area contributed by atoms with Crippen molar-refractivity contribution in [2.75, 3.05) is 13.2 Å². The number of ether oxygens (including phenoxy) is 1. The molecule has 1 aromatic rings. The van der Waals surface area contributed by atoms with Crippen molar-refractivity contribution < 1.29 is 19.1 Å². The van der Waals surface area contributed by atoms with Gasteiger partial charge in [0, 0.05) is 11.1 Å². The molecule has 0 bridgehead atoms. The van der Waals surface area contributed by atoms with Crippen LogP contribution >= 0.6 is 11.6 Å². The fourth-order valence-corrected chi connectivity index (χ4v) is 3.20. The van der Waals surface area contributed by atoms with Crippen molar-refractivity contribution in [1.29, 1.82) is 0 Å². The number of carbonyl (C=O) groups is 3. The average Bonchev–Trinajstić information content (AvgIpc) is 3.11. The summed E-state index contributed by atoms with van der Waals surface area (Å²) < 4.78 is 5.48. The molecule has 0 spiro atoms. The Kier molecular flexibility index (Phi) is 4.52. The Morgan fingerprint density at radius 2 is 1.87 bits per heavy atom. The van der Waals surface area contributed by atoms with Gasteiger partial charge in [-0.1, -0.05) is 30.5 Å². The maximum atomic E-state index is 12.3. The van der Waals surface area contributed by atoms with E-state index in [4.69, 9.17) is 16.3 Å². The highest BCUT2D eigenvalue weighted by atomic mass is 35.5. The van der Waals surface area contributed by atoms with E-state index in [1.54, 1.807) is 24.3 Å². The highest BCUT2D eigenvalue weighted by Gasteiger charge is 2.47. The molecule has 1 saturated heterocycles. The summed E-state index contributed by atoms with van der Waals surface area (Å²) in [6, 6.07) is 6.18. The van der Waals surface area contributed by atoms with Crippen molar-refractivity contribution in [1.82, 2.24) is 9.80 Å². The number of benzene rings is 1. The van der Waals surface area contributed by atoms with Gasteiger partial charge < -0.3 is 4.74 Å². The van der Waals surface area contributed by atoms with Gasteiger partial charge in [0.1, 0.15) is 12.4 Å². The first kappa shape index (κ1) is 15.8. The minimum absolute atomic E-state index is 0.0408. The van der Waals surface area contributed by atoms with Gasteiger partial charge in [0.05, 0.1) is 6.54 Å². The van der Waals surface area contributed by atoms with Crippen LogP contribution in [0.1, 0.15) is 25.7 Å². The minimum Gasteiger partial charge on any atom is -0.492 e. The number of carbonyl (C=O) groups excluding carboxylic acids is 3. The van der Waals surface area contributed by atoms with E-state index in [9.17, 15) is 14.4 Å². The first-order valence-corrected chi connectivity index (χ1v) is 8.03. The molecular weight excluding hydrogens is 320 g/mol. The summed E-state index contributed by atoms with van der Waals surface area (Å²) in [7, 11) is 0. The van der Waals surface area contributed by atoms with Crippen molar-refractivity contribution in [3.05, 3.63) is 29.3 Å². The van der Waals surface area contributed by atoms with Gasteiger partial charge in [-0.2, -0.15) is 0 Å². The van der Waals surface area contributed by atoms with E-state index < -0.39 is 17.8 Å². The lowest BCUT2D eigenvalue weighted by Crippen LogP contribution is -2.40. The minimum atomic E-state index is -0.767. The zero-order valence-electron chi connectivity index (χ0n) is 12.5. The van der Waals surface area contributed by atoms with Crippen LogP contribution in [0, 0.1) is 0 Å². The third-order valence-electron chi connectivity index (χ3n) is 4.15. The Bertz CT molecular complexity index is 643. The molecule has 0 unspecified atom stereocenters. The Hall–Kier alpha value is -2.08. The summed E-state index contributed by atoms with van der Waals surface area (Å²) in [6.45, 7) is 0.156. The lowest BCUT2D eigenvalue weighted by atomic mass is 10.2. The van der Waals surface area contributed by atoms with Crippen LogP contribution in [0.3, 0.4) is 0 Å². The fraction of sp³-hybridized carbons (Fsp3) is 0.438. The number of rotatable bonds is 5. The molecule has 4 amide bonds. The van der Waals surface area contributed by atoms with Crippen LogP contribution in [0.5, 0.6) is 5.75 Å². The van der Waals surface area contributed by atoms with Crippen LogP contribution in [0.4, 0.5) is 4.79 Å². The fourth-order valence-electron chi connectivity index (χ4n) is 3.02. The molecule has 1 aliphatic carbocycles. The third kappa shape index (κ3) is 3.17. The van der Waals surface area contributed by atoms with E-state index in [1.807, 2.05) is 0 Å². The number of amides is 4. The summed E-state index contributed by atoms with van der Waals surface area (Å²) in [5.74, 6) is -0.933. The second-order valence-electron chi connectivity index (χ2n) is 5.66. The molecule has 1 aromatic carbocycles. The first-order chi connectivity index (χ1) is 11.1. The zero-order valence-corrected chi connectivity index (χ0v) is 13.3. The topological polar surface area (TPSA) is 66.9 Å². The first-order valence-electron chi connectivity index (χ1n) is 7.65. The van der Waals surface area contributed by atoms with E-state index >= 15 is 0 Å². The normalized spacial score (nSPS) is 19.1. The van der Waals surface area contributed by atoms with Gasteiger partial charge in [-0.05, 0) is 31.0 Å². The van der Waals surface area contributed by atoms with Crippen molar-refractivity contribution >= 4 is 29.4 Å². The standard InChI is InChI=1S/C16H17ClN2O4/c17-11-4-3-7-13(10-11)23-9-8-18-14(20)15(21)19(16(18)22)12-5-1-2-6-12/h3-4,7,10,12H,1-2,5-6,8-9H2. The predicted octanol–water partition coefficient (Wildman–Crippen LogP) is 2.45. The van der Waals surface area contributed by atoms with Gasteiger partial charge in [0.2, 0.25) is 0 Å². The van der Waals surface area contributed by atoms with Gasteiger partial charge in [0.25, 0.3) is 0 Å². The molecule has 0 N–H and O–H groups in total. The second-order valence-corrected chi connectivity index (χ2v) is 6.10. The molecule has 2 fully saturated rings. The second kappa shape index (κ2) is 6.58. The number of hydrogen-bond acceptors (Lipinski definition) is 4. The summed E-state index contributed by atoms with van der Waals surface area (Å²) in [6.07, 6.45) is 3.51. The quantitative estimate of drug-likeness (QED) is 0.612. The molecule has 1 heterocycles. The molecule has 23 heavy (non-hydrogen) atoms. The third-order valence-corrected chi connectivity index (χ3v) is 4.39. The molecule has 0 aromatic heterocycles. The average molecular weight is 337 g/mol. The van der Waals surface area contributed by atoms with Crippen LogP contribution in [0.2, 0.25) is 5.02 Å². The maximum Gasteiger partial charge on any atom is 0.334 e. The summed E-state index contributed by atoms with van der Waals surface area (Å²) in [5, 5.41) is 0.540. The highest BCUT2D eigenvalue weighted by molar-refractivity contribution is 6.44. The Balaban J connectivity index is 1.60. The van der Waals surface area contributed by atoms with Gasteiger partial charge in [-0.3, -0.25) is 19.4 Å². The Morgan fingerprint density at radius 3 is 2.57 bits per heavy atom. The molecule has 1 saturated carbocycles. The lowest BCUT2D eigenvalue weighted by Gasteiger charge is -2.21. The molecule has 0 radical (unpaired) electrons. The monoisotopic (exact) mass is 336 g/mol. The Morgan fingerprint density at radius 1 is 1.13 bits per heavy atom. The number of nitrogens with zero attached hydrogens (tertiary/aromatic N) is 2. The lowest BCUT2D eigenvalue weighted by molar-refractivity contribution is -0.144. The molecule has 1 aliphatic heterocycles. The van der Waals surface area contributed by atoms with Crippen molar-refractivity contribution in [3.8, 4) is 5.75 Å². The smallest absolute Gasteiger partial charge is 0.334 e. The van der Waals surface area contributed by atoms with Gasteiger partial charge in [0.15, 0.2) is 0 Å². The predicted molar refractivity (Wildman–Crippen MR) is 83.2 cm³/mol. The number of halogens is 1. The molecular formula is C16H17ClN2O4. The van der Waals surface area contributed by atoms with Crippen LogP contribution in [0.15, 0.2) is 24.3 Å². The van der Waals surface area contributed by atoms with Crippen LogP contribution in [0.25, 0.3) is 0 Å². The van der Waals surface area contributed by atoms with E-state index in [2.05, 4.69) is 0 Å². The van der Waals surface area contributed by atoms with Crippen molar-refractivity contribution in [2.24, 2.45) is 0 Å². The molecule has 2 aliphatic rings. The molecule has 122 valence electrons. The summed E-state index contributed by atoms with van der Waals surface area (Å²) in [5.41, 5.74) is 0. The van der Waals surface area contributed by atoms with Gasteiger partial charge >= 0.3 is 17.8 Å². The number of hydrogen-bond donors (Lipinski definition) is 0. The summed E-state index contributed by atoms with van der Waals surface area (Å²) >= 11 is 5.86. The van der Waals surface area contributed by atoms with Crippen molar-refractivity contribution in [2.45, 2.75) is 31.7 Å².